The van der Waals surface area contributed by atoms with E-state index in [1.165, 1.54) is 28.7 Å². The lowest BCUT2D eigenvalue weighted by Gasteiger charge is -2.38. The maximum atomic E-state index is 13.3. The van der Waals surface area contributed by atoms with Crippen LogP contribution in [0.5, 0.6) is 0 Å². The van der Waals surface area contributed by atoms with Crippen LogP contribution in [-0.4, -0.2) is 22.8 Å². The average Bonchev–Trinajstić information content (AvgIpc) is 2.74. The number of Topliss-reactive ketones (excluding diaryl/α,β-unsaturated/α-hetero) is 1. The van der Waals surface area contributed by atoms with E-state index in [0.29, 0.717) is 42.1 Å². The van der Waals surface area contributed by atoms with Crippen LogP contribution in [0.15, 0.2) is 53.7 Å². The predicted octanol–water partition coefficient (Wildman–Crippen LogP) is 5.69. The van der Waals surface area contributed by atoms with E-state index >= 15 is 0 Å². The Morgan fingerprint density at radius 2 is 1.81 bits per heavy atom. The van der Waals surface area contributed by atoms with Crippen molar-refractivity contribution in [3.05, 3.63) is 75.4 Å². The topological polar surface area (TPSA) is 74.7 Å². The van der Waals surface area contributed by atoms with Gasteiger partial charge in [-0.15, -0.1) is 0 Å². The van der Waals surface area contributed by atoms with Gasteiger partial charge < -0.3 is 5.11 Å². The Morgan fingerprint density at radius 1 is 1.10 bits per heavy atom. The quantitative estimate of drug-likeness (QED) is 0.666. The zero-order valence-corrected chi connectivity index (χ0v) is 18.3. The number of nitrogens with zero attached hydrogens (tertiary/aromatic N) is 1. The molecule has 1 unspecified atom stereocenters. The molecule has 160 valence electrons. The van der Waals surface area contributed by atoms with Crippen molar-refractivity contribution in [2.75, 3.05) is 4.90 Å². The first-order valence-electron chi connectivity index (χ1n) is 10.5. The second-order valence-corrected chi connectivity index (χ2v) is 8.82. The highest BCUT2D eigenvalue weighted by Crippen LogP contribution is 2.45. The lowest BCUT2D eigenvalue weighted by atomic mass is 9.77. The van der Waals surface area contributed by atoms with Crippen molar-refractivity contribution < 1.29 is 19.5 Å². The fourth-order valence-corrected chi connectivity index (χ4v) is 4.69. The molecule has 0 radical (unpaired) electrons. The van der Waals surface area contributed by atoms with Gasteiger partial charge in [-0.25, -0.2) is 4.79 Å². The van der Waals surface area contributed by atoms with Gasteiger partial charge in [0.15, 0.2) is 5.78 Å². The number of allylic oxidation sites excluding steroid dienone is 2. The van der Waals surface area contributed by atoms with Gasteiger partial charge >= 0.3 is 5.97 Å². The van der Waals surface area contributed by atoms with Crippen LogP contribution in [0, 0.1) is 0 Å². The Kier molecular flexibility index (Phi) is 5.71. The molecule has 2 aliphatic rings. The third-order valence-electron chi connectivity index (χ3n) is 6.11. The van der Waals surface area contributed by atoms with Gasteiger partial charge in [0.05, 0.1) is 16.3 Å². The number of rotatable bonds is 4. The Labute approximate surface area is 186 Å². The molecule has 0 saturated carbocycles. The largest absolute Gasteiger partial charge is 0.478 e. The molecule has 0 spiro atoms. The summed E-state index contributed by atoms with van der Waals surface area (Å²) in [7, 11) is 0. The van der Waals surface area contributed by atoms with E-state index in [9.17, 15) is 19.5 Å². The number of amides is 1. The Morgan fingerprint density at radius 3 is 2.45 bits per heavy atom. The summed E-state index contributed by atoms with van der Waals surface area (Å²) in [4.78, 5) is 39.3. The molecule has 1 N–H and O–H groups in total. The molecule has 1 amide bonds. The number of carbonyl (C=O) groups excluding carboxylic acids is 2. The number of carbonyl (C=O) groups is 3. The fourth-order valence-electron chi connectivity index (χ4n) is 4.49. The standard InChI is InChI=1S/C25H24ClNO4/c1-14(2)15-6-8-16(9-7-15)18-13-23(29)27(20-4-3-5-22(28)24(18)20)21-12-17(25(30)31)10-11-19(21)26/h6-12,14,18H,3-5,13H2,1-2H3,(H,30,31). The van der Waals surface area contributed by atoms with Gasteiger partial charge in [-0.2, -0.15) is 0 Å². The van der Waals surface area contributed by atoms with Gasteiger partial charge in [0, 0.05) is 30.0 Å². The van der Waals surface area contributed by atoms with Crippen LogP contribution in [0.1, 0.15) is 72.9 Å². The molecule has 1 heterocycles. The third kappa shape index (κ3) is 3.90. The van der Waals surface area contributed by atoms with E-state index in [-0.39, 0.29) is 34.6 Å². The molecule has 0 saturated heterocycles. The van der Waals surface area contributed by atoms with E-state index in [0.717, 1.165) is 5.56 Å². The third-order valence-corrected chi connectivity index (χ3v) is 6.43. The number of hydrogen-bond acceptors (Lipinski definition) is 3. The highest BCUT2D eigenvalue weighted by Gasteiger charge is 2.40. The Balaban J connectivity index is 1.84. The summed E-state index contributed by atoms with van der Waals surface area (Å²) in [6.45, 7) is 4.24. The van der Waals surface area contributed by atoms with Crippen molar-refractivity contribution >= 4 is 34.9 Å². The van der Waals surface area contributed by atoms with Crippen LogP contribution in [0.2, 0.25) is 5.02 Å². The van der Waals surface area contributed by atoms with Gasteiger partial charge in [0.2, 0.25) is 5.91 Å². The fraction of sp³-hybridized carbons (Fsp3) is 0.320. The summed E-state index contributed by atoms with van der Waals surface area (Å²) in [6.07, 6.45) is 1.81. The highest BCUT2D eigenvalue weighted by atomic mass is 35.5. The van der Waals surface area contributed by atoms with Crippen molar-refractivity contribution in [1.82, 2.24) is 0 Å². The molecular weight excluding hydrogens is 414 g/mol. The minimum atomic E-state index is -1.10. The first-order valence-corrected chi connectivity index (χ1v) is 10.9. The van der Waals surface area contributed by atoms with Crippen LogP contribution in [0.4, 0.5) is 5.69 Å². The summed E-state index contributed by atoms with van der Waals surface area (Å²) in [5.74, 6) is -1.14. The number of carboxylic acid groups (broad SMARTS) is 1. The number of hydrogen-bond donors (Lipinski definition) is 1. The van der Waals surface area contributed by atoms with Crippen molar-refractivity contribution in [1.29, 1.82) is 0 Å². The smallest absolute Gasteiger partial charge is 0.335 e. The maximum Gasteiger partial charge on any atom is 0.335 e. The zero-order chi connectivity index (χ0) is 22.3. The maximum absolute atomic E-state index is 13.3. The normalized spacial score (nSPS) is 19.1. The van der Waals surface area contributed by atoms with Gasteiger partial charge in [0.1, 0.15) is 0 Å². The lowest BCUT2D eigenvalue weighted by Crippen LogP contribution is -2.40. The minimum absolute atomic E-state index is 0.0437. The van der Waals surface area contributed by atoms with Gasteiger partial charge in [-0.05, 0) is 48.1 Å². The summed E-state index contributed by atoms with van der Waals surface area (Å²) in [5.41, 5.74) is 3.82. The van der Waals surface area contributed by atoms with Crippen LogP contribution in [0.3, 0.4) is 0 Å². The van der Waals surface area contributed by atoms with Crippen molar-refractivity contribution in [3.8, 4) is 0 Å². The molecule has 4 rings (SSSR count). The summed E-state index contributed by atoms with van der Waals surface area (Å²) >= 11 is 6.37. The second-order valence-electron chi connectivity index (χ2n) is 8.42. The Bertz CT molecular complexity index is 1100. The first kappa shape index (κ1) is 21.3. The van der Waals surface area contributed by atoms with E-state index in [1.807, 2.05) is 12.1 Å². The van der Waals surface area contributed by atoms with E-state index in [2.05, 4.69) is 26.0 Å². The van der Waals surface area contributed by atoms with Crippen LogP contribution in [-0.2, 0) is 9.59 Å². The highest BCUT2D eigenvalue weighted by molar-refractivity contribution is 6.34. The van der Waals surface area contributed by atoms with Crippen molar-refractivity contribution in [2.24, 2.45) is 0 Å². The average molecular weight is 438 g/mol. The molecular formula is C25H24ClNO4. The molecule has 5 nitrogen and oxygen atoms in total. The molecule has 1 aliphatic carbocycles. The van der Waals surface area contributed by atoms with Crippen LogP contribution in [0.25, 0.3) is 0 Å². The molecule has 2 aromatic carbocycles. The van der Waals surface area contributed by atoms with Crippen molar-refractivity contribution in [2.45, 2.75) is 51.4 Å². The number of ketones is 1. The molecule has 0 bridgehead atoms. The lowest BCUT2D eigenvalue weighted by molar-refractivity contribution is -0.119. The van der Waals surface area contributed by atoms with Crippen LogP contribution < -0.4 is 4.90 Å². The van der Waals surface area contributed by atoms with Gasteiger partial charge in [-0.1, -0.05) is 49.7 Å². The molecule has 0 fully saturated rings. The predicted molar refractivity (Wildman–Crippen MR) is 120 cm³/mol. The summed E-state index contributed by atoms with van der Waals surface area (Å²) < 4.78 is 0. The summed E-state index contributed by atoms with van der Waals surface area (Å²) in [5, 5.41) is 9.66. The minimum Gasteiger partial charge on any atom is -0.478 e. The van der Waals surface area contributed by atoms with Gasteiger partial charge in [-0.3, -0.25) is 14.5 Å². The van der Waals surface area contributed by atoms with E-state index in [4.69, 9.17) is 11.6 Å². The van der Waals surface area contributed by atoms with Gasteiger partial charge in [0.25, 0.3) is 0 Å². The molecule has 31 heavy (non-hydrogen) atoms. The molecule has 1 atom stereocenters. The molecule has 0 aromatic heterocycles. The number of halogens is 1. The monoisotopic (exact) mass is 437 g/mol. The zero-order valence-electron chi connectivity index (χ0n) is 17.5. The number of aromatic carboxylic acids is 1. The van der Waals surface area contributed by atoms with E-state index < -0.39 is 5.97 Å². The molecule has 1 aliphatic heterocycles. The summed E-state index contributed by atoms with van der Waals surface area (Å²) in [6, 6.07) is 12.4. The Hall–Kier alpha value is -2.92. The SMILES string of the molecule is CC(C)c1ccc(C2CC(=O)N(c3cc(C(=O)O)ccc3Cl)C3=C2C(=O)CCC3)cc1. The molecule has 6 heteroatoms. The molecule has 2 aromatic rings. The number of carboxylic acids is 1. The number of anilines is 1. The second kappa shape index (κ2) is 8.31. The van der Waals surface area contributed by atoms with Crippen molar-refractivity contribution in [3.63, 3.8) is 0 Å². The van der Waals surface area contributed by atoms with Crippen LogP contribution >= 0.6 is 11.6 Å². The number of benzene rings is 2. The first-order chi connectivity index (χ1) is 14.8. The van der Waals surface area contributed by atoms with E-state index in [1.54, 1.807) is 0 Å².